The van der Waals surface area contributed by atoms with Crippen molar-refractivity contribution >= 4 is 11.9 Å². The Bertz CT molecular complexity index is 561. The highest BCUT2D eigenvalue weighted by molar-refractivity contribution is 5.81. The second-order valence-electron chi connectivity index (χ2n) is 6.79. The third-order valence-electron chi connectivity index (χ3n) is 5.15. The molecule has 0 unspecified atom stereocenters. The van der Waals surface area contributed by atoms with E-state index in [1.165, 1.54) is 0 Å². The van der Waals surface area contributed by atoms with Gasteiger partial charge in [-0.2, -0.15) is 0 Å². The lowest BCUT2D eigenvalue weighted by atomic mass is 10.2. The van der Waals surface area contributed by atoms with Crippen LogP contribution in [0.5, 0.6) is 0 Å². The van der Waals surface area contributed by atoms with E-state index < -0.39 is 0 Å². The molecule has 0 spiro atoms. The minimum Gasteiger partial charge on any atom is -0.469 e. The van der Waals surface area contributed by atoms with Crippen LogP contribution in [0.15, 0.2) is 22.8 Å². The van der Waals surface area contributed by atoms with Crippen LogP contribution < -0.4 is 5.32 Å². The lowest BCUT2D eigenvalue weighted by molar-refractivity contribution is -0.135. The summed E-state index contributed by atoms with van der Waals surface area (Å²) >= 11 is 0. The average molecular weight is 348 g/mol. The van der Waals surface area contributed by atoms with Crippen molar-refractivity contribution in [3.8, 4) is 0 Å². The maximum absolute atomic E-state index is 12.5. The molecule has 25 heavy (non-hydrogen) atoms. The van der Waals surface area contributed by atoms with Crippen LogP contribution >= 0.6 is 0 Å². The smallest absolute Gasteiger partial charge is 0.317 e. The molecule has 0 bridgehead atoms. The maximum Gasteiger partial charge on any atom is 0.317 e. The van der Waals surface area contributed by atoms with Gasteiger partial charge in [0, 0.05) is 52.2 Å². The second kappa shape index (κ2) is 8.38. The molecule has 1 aromatic heterocycles. The molecule has 1 atom stereocenters. The normalized spacial score (nSPS) is 19.9. The number of hydrogen-bond acceptors (Lipinski definition) is 4. The van der Waals surface area contributed by atoms with E-state index in [4.69, 9.17) is 4.42 Å². The van der Waals surface area contributed by atoms with Crippen molar-refractivity contribution in [2.45, 2.75) is 32.2 Å². The van der Waals surface area contributed by atoms with Crippen LogP contribution in [0, 0.1) is 0 Å². The fraction of sp³-hybridized carbons (Fsp3) is 0.667. The fourth-order valence-corrected chi connectivity index (χ4v) is 3.53. The Morgan fingerprint density at radius 3 is 2.48 bits per heavy atom. The van der Waals surface area contributed by atoms with E-state index in [9.17, 15) is 9.59 Å². The highest BCUT2D eigenvalue weighted by Gasteiger charge is 2.30. The summed E-state index contributed by atoms with van der Waals surface area (Å²) < 4.78 is 5.26. The number of piperazine rings is 1. The van der Waals surface area contributed by atoms with E-state index in [1.807, 2.05) is 28.9 Å². The zero-order valence-corrected chi connectivity index (χ0v) is 14.9. The molecule has 138 valence electrons. The van der Waals surface area contributed by atoms with Crippen LogP contribution in [0.2, 0.25) is 0 Å². The van der Waals surface area contributed by atoms with Crippen LogP contribution in [-0.4, -0.2) is 78.5 Å². The number of furan rings is 1. The molecule has 0 radical (unpaired) electrons. The quantitative estimate of drug-likeness (QED) is 0.867. The Morgan fingerprint density at radius 1 is 1.12 bits per heavy atom. The predicted molar refractivity (Wildman–Crippen MR) is 94.2 cm³/mol. The van der Waals surface area contributed by atoms with Crippen LogP contribution in [0.25, 0.3) is 0 Å². The largest absolute Gasteiger partial charge is 0.469 e. The molecule has 1 aromatic rings. The average Bonchev–Trinajstić information content (AvgIpc) is 3.34. The molecule has 2 aliphatic heterocycles. The summed E-state index contributed by atoms with van der Waals surface area (Å²) in [6.07, 6.45) is 4.57. The molecule has 7 nitrogen and oxygen atoms in total. The van der Waals surface area contributed by atoms with Crippen molar-refractivity contribution in [2.24, 2.45) is 0 Å². The molecular formula is C18H28N4O3. The molecule has 3 rings (SSSR count). The van der Waals surface area contributed by atoms with Gasteiger partial charge in [0.15, 0.2) is 0 Å². The van der Waals surface area contributed by atoms with Gasteiger partial charge in [-0.15, -0.1) is 0 Å². The van der Waals surface area contributed by atoms with Gasteiger partial charge in [-0.25, -0.2) is 4.79 Å². The van der Waals surface area contributed by atoms with Gasteiger partial charge in [-0.3, -0.25) is 9.69 Å². The highest BCUT2D eigenvalue weighted by atomic mass is 16.3. The molecule has 2 aliphatic rings. The molecule has 0 saturated carbocycles. The van der Waals surface area contributed by atoms with Gasteiger partial charge in [0.05, 0.1) is 12.3 Å². The molecule has 2 saturated heterocycles. The summed E-state index contributed by atoms with van der Waals surface area (Å²) in [6, 6.07) is 3.62. The number of amides is 3. The van der Waals surface area contributed by atoms with E-state index in [2.05, 4.69) is 10.2 Å². The second-order valence-corrected chi connectivity index (χ2v) is 6.79. The van der Waals surface area contributed by atoms with Crippen molar-refractivity contribution in [1.82, 2.24) is 20.0 Å². The summed E-state index contributed by atoms with van der Waals surface area (Å²) in [5.74, 6) is 1.10. The first-order chi connectivity index (χ1) is 12.1. The van der Waals surface area contributed by atoms with E-state index in [1.54, 1.807) is 6.26 Å². The van der Waals surface area contributed by atoms with Gasteiger partial charge < -0.3 is 19.5 Å². The van der Waals surface area contributed by atoms with Crippen LogP contribution in [0.1, 0.15) is 25.5 Å². The van der Waals surface area contributed by atoms with Crippen molar-refractivity contribution in [1.29, 1.82) is 0 Å². The Balaban J connectivity index is 1.38. The highest BCUT2D eigenvalue weighted by Crippen LogP contribution is 2.14. The molecule has 2 fully saturated rings. The summed E-state index contributed by atoms with van der Waals surface area (Å²) in [5, 5.41) is 2.94. The zero-order valence-electron chi connectivity index (χ0n) is 14.9. The van der Waals surface area contributed by atoms with Gasteiger partial charge in [0.2, 0.25) is 5.91 Å². The minimum atomic E-state index is -0.0951. The first-order valence-electron chi connectivity index (χ1n) is 9.23. The van der Waals surface area contributed by atoms with E-state index in [0.29, 0.717) is 26.1 Å². The number of rotatable bonds is 5. The van der Waals surface area contributed by atoms with E-state index in [-0.39, 0.29) is 18.0 Å². The van der Waals surface area contributed by atoms with Gasteiger partial charge in [0.25, 0.3) is 0 Å². The number of carbonyl (C=O) groups is 2. The zero-order chi connectivity index (χ0) is 17.6. The molecule has 3 heterocycles. The first-order valence-corrected chi connectivity index (χ1v) is 9.23. The summed E-state index contributed by atoms with van der Waals surface area (Å²) in [5.41, 5.74) is 0. The maximum atomic E-state index is 12.5. The van der Waals surface area contributed by atoms with Gasteiger partial charge >= 0.3 is 6.03 Å². The lowest BCUT2D eigenvalue weighted by Crippen LogP contribution is -2.56. The van der Waals surface area contributed by atoms with E-state index >= 15 is 0 Å². The Kier molecular flexibility index (Phi) is 5.96. The number of nitrogens with one attached hydrogen (secondary N) is 1. The SMILES string of the molecule is C[C@H](C(=O)N1CCCC1)N1CCN(C(=O)NCCc2ccco2)CC1. The van der Waals surface area contributed by atoms with Crippen LogP contribution in [0.3, 0.4) is 0 Å². The first kappa shape index (κ1) is 17.8. The van der Waals surface area contributed by atoms with Crippen molar-refractivity contribution in [3.05, 3.63) is 24.2 Å². The van der Waals surface area contributed by atoms with Crippen LogP contribution in [0.4, 0.5) is 4.79 Å². The number of urea groups is 1. The molecule has 1 N–H and O–H groups in total. The van der Waals surface area contributed by atoms with Crippen molar-refractivity contribution < 1.29 is 14.0 Å². The summed E-state index contributed by atoms with van der Waals surface area (Å²) in [4.78, 5) is 30.7. The Labute approximate surface area is 148 Å². The molecule has 0 aliphatic carbocycles. The Morgan fingerprint density at radius 2 is 1.84 bits per heavy atom. The summed E-state index contributed by atoms with van der Waals surface area (Å²) in [6.45, 7) is 7.13. The lowest BCUT2D eigenvalue weighted by Gasteiger charge is -2.38. The van der Waals surface area contributed by atoms with Gasteiger partial charge in [0.1, 0.15) is 5.76 Å². The molecule has 3 amide bonds. The monoisotopic (exact) mass is 348 g/mol. The molecular weight excluding hydrogens is 320 g/mol. The number of hydrogen-bond donors (Lipinski definition) is 1. The van der Waals surface area contributed by atoms with Crippen molar-refractivity contribution in [2.75, 3.05) is 45.8 Å². The van der Waals surface area contributed by atoms with Crippen LogP contribution in [-0.2, 0) is 11.2 Å². The third-order valence-corrected chi connectivity index (χ3v) is 5.15. The van der Waals surface area contributed by atoms with Gasteiger partial charge in [-0.1, -0.05) is 0 Å². The predicted octanol–water partition coefficient (Wildman–Crippen LogP) is 1.16. The van der Waals surface area contributed by atoms with E-state index in [0.717, 1.165) is 44.8 Å². The number of carbonyl (C=O) groups excluding carboxylic acids is 2. The molecule has 0 aromatic carbocycles. The Hall–Kier alpha value is -2.02. The minimum absolute atomic E-state index is 0.0373. The topological polar surface area (TPSA) is 69.0 Å². The van der Waals surface area contributed by atoms with Crippen molar-refractivity contribution in [3.63, 3.8) is 0 Å². The number of nitrogens with zero attached hydrogens (tertiary/aromatic N) is 3. The molecule has 7 heteroatoms. The van der Waals surface area contributed by atoms with Gasteiger partial charge in [-0.05, 0) is 31.9 Å². The third kappa shape index (κ3) is 4.54. The number of likely N-dealkylation sites (tertiary alicyclic amines) is 1. The standard InChI is InChI=1S/C18H28N4O3/c1-15(17(23)21-8-2-3-9-21)20-10-12-22(13-11-20)18(24)19-7-6-16-5-4-14-25-16/h4-5,14-15H,2-3,6-13H2,1H3,(H,19,24)/t15-/m1/s1. The fourth-order valence-electron chi connectivity index (χ4n) is 3.53. The summed E-state index contributed by atoms with van der Waals surface area (Å²) in [7, 11) is 0.